The van der Waals surface area contributed by atoms with Gasteiger partial charge in [0.2, 0.25) is 0 Å². The van der Waals surface area contributed by atoms with Crippen LogP contribution in [0.25, 0.3) is 33.4 Å². The molecule has 7 nitrogen and oxygen atoms in total. The molecule has 2 aromatic carbocycles. The first-order valence-corrected chi connectivity index (χ1v) is 10.8. The van der Waals surface area contributed by atoms with E-state index in [1.807, 2.05) is 6.07 Å². The van der Waals surface area contributed by atoms with E-state index < -0.39 is 28.7 Å². The summed E-state index contributed by atoms with van der Waals surface area (Å²) in [5, 5.41) is 24.2. The van der Waals surface area contributed by atoms with E-state index in [4.69, 9.17) is 10.5 Å². The molecule has 1 aliphatic carbocycles. The Morgan fingerprint density at radius 3 is 2.46 bits per heavy atom. The molecule has 5 rings (SSSR count). The third kappa shape index (κ3) is 3.47. The first-order valence-electron chi connectivity index (χ1n) is 10.8. The summed E-state index contributed by atoms with van der Waals surface area (Å²) in [6.45, 7) is 1.68. The molecule has 35 heavy (non-hydrogen) atoms. The second kappa shape index (κ2) is 7.99. The third-order valence-corrected chi connectivity index (χ3v) is 6.34. The molecule has 0 spiro atoms. The molecular formula is C25H20F3N5O2. The molecule has 1 fully saturated rings. The predicted molar refractivity (Wildman–Crippen MR) is 123 cm³/mol. The van der Waals surface area contributed by atoms with Gasteiger partial charge in [-0.3, -0.25) is 0 Å². The van der Waals surface area contributed by atoms with Crippen LogP contribution in [0.15, 0.2) is 36.4 Å². The highest BCUT2D eigenvalue weighted by Gasteiger charge is 2.41. The number of aliphatic hydroxyl groups is 1. The smallest absolute Gasteiger partial charge is 0.192 e. The zero-order chi connectivity index (χ0) is 25.1. The van der Waals surface area contributed by atoms with Crippen molar-refractivity contribution in [3.8, 4) is 34.3 Å². The predicted octanol–water partition coefficient (Wildman–Crippen LogP) is 4.73. The van der Waals surface area contributed by atoms with Gasteiger partial charge in [-0.15, -0.1) is 0 Å². The van der Waals surface area contributed by atoms with Crippen LogP contribution in [0.5, 0.6) is 5.75 Å². The SMILES string of the molecule is COc1c(F)c(-c2ccccc2F)nc2c(F)c(-c3nn(C4CC(C)(O)C4)c(N)c3C#N)ccc12. The molecule has 1 saturated carbocycles. The summed E-state index contributed by atoms with van der Waals surface area (Å²) < 4.78 is 52.2. The molecule has 2 heterocycles. The van der Waals surface area contributed by atoms with Crippen molar-refractivity contribution in [2.45, 2.75) is 31.4 Å². The van der Waals surface area contributed by atoms with Crippen molar-refractivity contribution in [2.24, 2.45) is 0 Å². The molecule has 2 aromatic heterocycles. The lowest BCUT2D eigenvalue weighted by Crippen LogP contribution is -2.42. The summed E-state index contributed by atoms with van der Waals surface area (Å²) in [6, 6.07) is 9.90. The van der Waals surface area contributed by atoms with Gasteiger partial charge in [0.1, 0.15) is 40.2 Å². The molecule has 0 unspecified atom stereocenters. The largest absolute Gasteiger partial charge is 0.493 e. The molecule has 0 saturated heterocycles. The fourth-order valence-electron chi connectivity index (χ4n) is 4.61. The molecule has 1 aliphatic rings. The Labute approximate surface area is 198 Å². The molecule has 0 radical (unpaired) electrons. The van der Waals surface area contributed by atoms with E-state index in [1.165, 1.54) is 42.1 Å². The van der Waals surface area contributed by atoms with Crippen molar-refractivity contribution in [3.05, 3.63) is 59.4 Å². The van der Waals surface area contributed by atoms with E-state index in [0.29, 0.717) is 12.8 Å². The number of methoxy groups -OCH3 is 1. The Morgan fingerprint density at radius 2 is 1.83 bits per heavy atom. The lowest BCUT2D eigenvalue weighted by molar-refractivity contribution is -0.0535. The van der Waals surface area contributed by atoms with Gasteiger partial charge in [0.05, 0.1) is 18.8 Å². The summed E-state index contributed by atoms with van der Waals surface area (Å²) in [6.07, 6.45) is 0.765. The van der Waals surface area contributed by atoms with E-state index in [1.54, 1.807) is 6.92 Å². The van der Waals surface area contributed by atoms with Gasteiger partial charge in [-0.2, -0.15) is 10.4 Å². The van der Waals surface area contributed by atoms with Crippen LogP contribution in [0, 0.1) is 28.8 Å². The van der Waals surface area contributed by atoms with Crippen LogP contribution >= 0.6 is 0 Å². The Bertz CT molecular complexity index is 1530. The minimum atomic E-state index is -0.930. The van der Waals surface area contributed by atoms with Crippen LogP contribution in [0.4, 0.5) is 19.0 Å². The Balaban J connectivity index is 1.73. The quantitative estimate of drug-likeness (QED) is 0.438. The number of nitrogens with two attached hydrogens (primary N) is 1. The molecule has 178 valence electrons. The highest BCUT2D eigenvalue weighted by atomic mass is 19.1. The van der Waals surface area contributed by atoms with E-state index in [0.717, 1.165) is 6.07 Å². The fourth-order valence-corrected chi connectivity index (χ4v) is 4.61. The van der Waals surface area contributed by atoms with E-state index in [-0.39, 0.29) is 50.9 Å². The topological polar surface area (TPSA) is 110 Å². The van der Waals surface area contributed by atoms with Crippen LogP contribution in [-0.2, 0) is 0 Å². The average molecular weight is 479 g/mol. The maximum absolute atomic E-state index is 15.9. The Morgan fingerprint density at radius 1 is 1.11 bits per heavy atom. The summed E-state index contributed by atoms with van der Waals surface area (Å²) in [5.74, 6) is -2.78. The molecule has 0 amide bonds. The van der Waals surface area contributed by atoms with Crippen molar-refractivity contribution in [3.63, 3.8) is 0 Å². The summed E-state index contributed by atoms with van der Waals surface area (Å²) in [4.78, 5) is 4.11. The fraction of sp³-hybridized carbons (Fsp3) is 0.240. The Hall–Kier alpha value is -4.10. The average Bonchev–Trinajstić information content (AvgIpc) is 3.13. The molecule has 0 atom stereocenters. The molecular weight excluding hydrogens is 459 g/mol. The standard InChI is InChI=1S/C25H20F3N5O2/c1-25(34)9-12(10-25)33-24(30)16(11-29)20(32-33)14-7-8-15-22(18(14)27)31-21(19(28)23(15)35-2)13-5-3-4-6-17(13)26/h3-8,12,34H,9-10,30H2,1-2H3. The van der Waals surface area contributed by atoms with Gasteiger partial charge in [0.15, 0.2) is 17.4 Å². The Kier molecular flexibility index (Phi) is 5.18. The molecule has 0 aliphatic heterocycles. The number of hydrogen-bond donors (Lipinski definition) is 2. The van der Waals surface area contributed by atoms with Crippen LogP contribution in [0.3, 0.4) is 0 Å². The zero-order valence-electron chi connectivity index (χ0n) is 18.8. The van der Waals surface area contributed by atoms with E-state index in [9.17, 15) is 14.8 Å². The van der Waals surface area contributed by atoms with Gasteiger partial charge in [0.25, 0.3) is 0 Å². The van der Waals surface area contributed by atoms with E-state index in [2.05, 4.69) is 10.1 Å². The minimum Gasteiger partial charge on any atom is -0.493 e. The number of nitrogen functional groups attached to an aromatic ring is 1. The maximum atomic E-state index is 15.9. The highest BCUT2D eigenvalue weighted by Crippen LogP contribution is 2.44. The van der Waals surface area contributed by atoms with Crippen molar-refractivity contribution in [1.82, 2.24) is 14.8 Å². The maximum Gasteiger partial charge on any atom is 0.192 e. The minimum absolute atomic E-state index is 0.00604. The lowest BCUT2D eigenvalue weighted by Gasteiger charge is -2.41. The van der Waals surface area contributed by atoms with Crippen molar-refractivity contribution >= 4 is 16.7 Å². The second-order valence-corrected chi connectivity index (χ2v) is 8.83. The van der Waals surface area contributed by atoms with Gasteiger partial charge in [-0.05, 0) is 44.0 Å². The first kappa shape index (κ1) is 22.7. The highest BCUT2D eigenvalue weighted by molar-refractivity contribution is 5.92. The van der Waals surface area contributed by atoms with Gasteiger partial charge >= 0.3 is 0 Å². The molecule has 10 heteroatoms. The molecule has 3 N–H and O–H groups in total. The number of anilines is 1. The number of rotatable bonds is 4. The summed E-state index contributed by atoms with van der Waals surface area (Å²) >= 11 is 0. The van der Waals surface area contributed by atoms with Crippen LogP contribution < -0.4 is 10.5 Å². The second-order valence-electron chi connectivity index (χ2n) is 8.83. The van der Waals surface area contributed by atoms with Gasteiger partial charge in [-0.1, -0.05) is 12.1 Å². The number of halogens is 3. The van der Waals surface area contributed by atoms with Gasteiger partial charge in [-0.25, -0.2) is 22.8 Å². The first-order chi connectivity index (χ1) is 16.7. The zero-order valence-corrected chi connectivity index (χ0v) is 18.8. The summed E-state index contributed by atoms with van der Waals surface area (Å²) in [5.41, 5.74) is 4.33. The number of fused-ring (bicyclic) bond motifs is 1. The van der Waals surface area contributed by atoms with Crippen molar-refractivity contribution in [1.29, 1.82) is 5.26 Å². The van der Waals surface area contributed by atoms with Crippen molar-refractivity contribution < 1.29 is 23.0 Å². The number of aromatic nitrogens is 3. The lowest BCUT2D eigenvalue weighted by atomic mass is 9.77. The number of hydrogen-bond acceptors (Lipinski definition) is 6. The summed E-state index contributed by atoms with van der Waals surface area (Å²) in [7, 11) is 1.22. The number of nitriles is 1. The number of pyridine rings is 1. The number of ether oxygens (including phenoxy) is 1. The number of benzene rings is 2. The molecule has 0 bridgehead atoms. The van der Waals surface area contributed by atoms with E-state index >= 15 is 8.78 Å². The van der Waals surface area contributed by atoms with Crippen LogP contribution in [0.1, 0.15) is 31.4 Å². The monoisotopic (exact) mass is 479 g/mol. The van der Waals surface area contributed by atoms with Crippen LogP contribution in [0.2, 0.25) is 0 Å². The van der Waals surface area contributed by atoms with Crippen LogP contribution in [-0.4, -0.2) is 32.6 Å². The van der Waals surface area contributed by atoms with Gasteiger partial charge < -0.3 is 15.6 Å². The third-order valence-electron chi connectivity index (χ3n) is 6.34. The molecule has 4 aromatic rings. The van der Waals surface area contributed by atoms with Gasteiger partial charge in [0, 0.05) is 16.5 Å². The number of nitrogens with zero attached hydrogens (tertiary/aromatic N) is 4. The normalized spacial score (nSPS) is 19.4. The van der Waals surface area contributed by atoms with Crippen molar-refractivity contribution in [2.75, 3.05) is 12.8 Å².